The van der Waals surface area contributed by atoms with Crippen LogP contribution in [-0.2, 0) is 14.8 Å². The zero-order valence-electron chi connectivity index (χ0n) is 20.1. The lowest BCUT2D eigenvalue weighted by Crippen LogP contribution is -2.51. The van der Waals surface area contributed by atoms with E-state index in [-0.39, 0.29) is 35.5 Å². The van der Waals surface area contributed by atoms with E-state index in [1.54, 1.807) is 42.2 Å². The van der Waals surface area contributed by atoms with E-state index in [0.717, 1.165) is 5.56 Å². The molecule has 2 aliphatic rings. The fourth-order valence-corrected chi connectivity index (χ4v) is 6.37. The fraction of sp³-hybridized carbons (Fsp3) is 0.462. The molecule has 7 nitrogen and oxygen atoms in total. The molecule has 0 radical (unpaired) electrons. The standard InChI is InChI=1S/C26H32N2O5S/c1-17(2)13-21(27-34(31,32)24-14-18(3)9-10-19(24)4)25(30)28-12-11-26(16-28)15-22(29)20-7-5-6-8-23(20)33-26/h5-10,14,17,21,27H,11-13,15-16H2,1-4H3. The zero-order valence-corrected chi connectivity index (χ0v) is 20.9. The number of ether oxygens (including phenoxy) is 1. The molecule has 1 saturated heterocycles. The largest absolute Gasteiger partial charge is 0.484 e. The first-order valence-electron chi connectivity index (χ1n) is 11.7. The number of hydrogen-bond donors (Lipinski definition) is 1. The average Bonchev–Trinajstić information content (AvgIpc) is 3.16. The Hall–Kier alpha value is -2.71. The molecule has 1 fully saturated rings. The molecule has 34 heavy (non-hydrogen) atoms. The third-order valence-corrected chi connectivity index (χ3v) is 8.17. The van der Waals surface area contributed by atoms with Crippen molar-refractivity contribution in [2.24, 2.45) is 5.92 Å². The lowest BCUT2D eigenvalue weighted by atomic mass is 9.89. The molecule has 2 aromatic carbocycles. The average molecular weight is 485 g/mol. The van der Waals surface area contributed by atoms with Crippen LogP contribution in [0, 0.1) is 19.8 Å². The van der Waals surface area contributed by atoms with Crippen molar-refractivity contribution >= 4 is 21.7 Å². The number of aryl methyl sites for hydroxylation is 2. The van der Waals surface area contributed by atoms with Crippen LogP contribution < -0.4 is 9.46 Å². The highest BCUT2D eigenvalue weighted by atomic mass is 32.2. The summed E-state index contributed by atoms with van der Waals surface area (Å²) in [5, 5.41) is 0. The van der Waals surface area contributed by atoms with Gasteiger partial charge in [-0.25, -0.2) is 8.42 Å². The van der Waals surface area contributed by atoms with E-state index in [4.69, 9.17) is 4.74 Å². The number of carbonyl (C=O) groups excluding carboxylic acids is 2. The third kappa shape index (κ3) is 4.88. The van der Waals surface area contributed by atoms with Gasteiger partial charge in [-0.15, -0.1) is 0 Å². The number of para-hydroxylation sites is 1. The Bertz CT molecular complexity index is 1220. The Labute approximate surface area is 201 Å². The second-order valence-corrected chi connectivity index (χ2v) is 11.6. The molecule has 2 aromatic rings. The van der Waals surface area contributed by atoms with Crippen LogP contribution in [-0.4, -0.2) is 49.7 Å². The Morgan fingerprint density at radius 1 is 1.18 bits per heavy atom. The summed E-state index contributed by atoms with van der Waals surface area (Å²) in [7, 11) is -3.90. The van der Waals surface area contributed by atoms with Gasteiger partial charge in [0, 0.05) is 13.0 Å². The first-order chi connectivity index (χ1) is 16.0. The van der Waals surface area contributed by atoms with Gasteiger partial charge in [0.25, 0.3) is 0 Å². The van der Waals surface area contributed by atoms with Crippen molar-refractivity contribution in [3.05, 3.63) is 59.2 Å². The quantitative estimate of drug-likeness (QED) is 0.676. The molecule has 1 amide bonds. The van der Waals surface area contributed by atoms with Crippen molar-refractivity contribution in [2.75, 3.05) is 13.1 Å². The van der Waals surface area contributed by atoms with Crippen LogP contribution in [0.2, 0.25) is 0 Å². The van der Waals surface area contributed by atoms with Crippen LogP contribution in [0.25, 0.3) is 0 Å². The van der Waals surface area contributed by atoms with Crippen LogP contribution in [0.15, 0.2) is 47.4 Å². The SMILES string of the molecule is Cc1ccc(C)c(S(=O)(=O)NC(CC(C)C)C(=O)N2CCC3(CC(=O)c4ccccc4O3)C2)c1. The van der Waals surface area contributed by atoms with E-state index in [9.17, 15) is 18.0 Å². The Balaban J connectivity index is 1.55. The predicted octanol–water partition coefficient (Wildman–Crippen LogP) is 3.63. The number of nitrogens with one attached hydrogen (secondary N) is 1. The zero-order chi connectivity index (χ0) is 24.7. The molecule has 0 aliphatic carbocycles. The van der Waals surface area contributed by atoms with Crippen LogP contribution in [0.1, 0.15) is 54.6 Å². The van der Waals surface area contributed by atoms with Gasteiger partial charge in [0.1, 0.15) is 17.4 Å². The number of fused-ring (bicyclic) bond motifs is 1. The van der Waals surface area contributed by atoms with Gasteiger partial charge in [-0.3, -0.25) is 9.59 Å². The van der Waals surface area contributed by atoms with Crippen LogP contribution >= 0.6 is 0 Å². The van der Waals surface area contributed by atoms with E-state index >= 15 is 0 Å². The van der Waals surface area contributed by atoms with Crippen LogP contribution in [0.5, 0.6) is 5.75 Å². The predicted molar refractivity (Wildman–Crippen MR) is 129 cm³/mol. The highest BCUT2D eigenvalue weighted by molar-refractivity contribution is 7.89. The van der Waals surface area contributed by atoms with Gasteiger partial charge in [0.2, 0.25) is 15.9 Å². The van der Waals surface area contributed by atoms with Gasteiger partial charge in [-0.2, -0.15) is 4.72 Å². The Kier molecular flexibility index (Phi) is 6.57. The van der Waals surface area contributed by atoms with Crippen molar-refractivity contribution in [1.29, 1.82) is 0 Å². The molecule has 0 bridgehead atoms. The maximum absolute atomic E-state index is 13.6. The minimum absolute atomic E-state index is 0.00510. The molecule has 2 heterocycles. The van der Waals surface area contributed by atoms with Crippen molar-refractivity contribution in [2.45, 2.75) is 63.5 Å². The summed E-state index contributed by atoms with van der Waals surface area (Å²) in [6.07, 6.45) is 1.10. The fourth-order valence-electron chi connectivity index (χ4n) is 4.84. The number of amides is 1. The van der Waals surface area contributed by atoms with Crippen LogP contribution in [0.4, 0.5) is 0 Å². The topological polar surface area (TPSA) is 92.8 Å². The molecule has 8 heteroatoms. The molecule has 182 valence electrons. The van der Waals surface area contributed by atoms with Crippen LogP contribution in [0.3, 0.4) is 0 Å². The third-order valence-electron chi connectivity index (χ3n) is 6.56. The number of nitrogens with zero attached hydrogens (tertiary/aromatic N) is 1. The first-order valence-corrected chi connectivity index (χ1v) is 13.2. The molecule has 1 spiro atoms. The monoisotopic (exact) mass is 484 g/mol. The van der Waals surface area contributed by atoms with Crippen molar-refractivity contribution in [1.82, 2.24) is 9.62 Å². The highest BCUT2D eigenvalue weighted by Crippen LogP contribution is 2.39. The minimum atomic E-state index is -3.90. The Morgan fingerprint density at radius 2 is 1.91 bits per heavy atom. The second-order valence-electron chi connectivity index (χ2n) is 9.96. The summed E-state index contributed by atoms with van der Waals surface area (Å²) >= 11 is 0. The van der Waals surface area contributed by atoms with E-state index in [2.05, 4.69) is 4.72 Å². The van der Waals surface area contributed by atoms with Gasteiger partial charge in [-0.1, -0.05) is 38.1 Å². The summed E-state index contributed by atoms with van der Waals surface area (Å²) in [6.45, 7) is 8.16. The maximum atomic E-state index is 13.6. The lowest BCUT2D eigenvalue weighted by Gasteiger charge is -2.35. The summed E-state index contributed by atoms with van der Waals surface area (Å²) in [4.78, 5) is 28.1. The van der Waals surface area contributed by atoms with E-state index < -0.39 is 21.7 Å². The number of Topliss-reactive ketones (excluding diaryl/α,β-unsaturated/α-hetero) is 1. The maximum Gasteiger partial charge on any atom is 0.241 e. The van der Waals surface area contributed by atoms with E-state index in [1.165, 1.54) is 0 Å². The summed E-state index contributed by atoms with van der Waals surface area (Å²) in [6, 6.07) is 11.5. The number of hydrogen-bond acceptors (Lipinski definition) is 5. The molecular formula is C26H32N2O5S. The van der Waals surface area contributed by atoms with Crippen molar-refractivity contribution in [3.8, 4) is 5.75 Å². The molecular weight excluding hydrogens is 452 g/mol. The number of sulfonamides is 1. The number of carbonyl (C=O) groups is 2. The Morgan fingerprint density at radius 3 is 2.65 bits per heavy atom. The van der Waals surface area contributed by atoms with Gasteiger partial charge in [-0.05, 0) is 55.5 Å². The molecule has 1 N–H and O–H groups in total. The minimum Gasteiger partial charge on any atom is -0.484 e. The number of rotatable bonds is 6. The lowest BCUT2D eigenvalue weighted by molar-refractivity contribution is -0.133. The molecule has 4 rings (SSSR count). The summed E-state index contributed by atoms with van der Waals surface area (Å²) in [5.74, 6) is 0.369. The molecule has 2 aliphatic heterocycles. The van der Waals surface area contributed by atoms with E-state index in [0.29, 0.717) is 36.3 Å². The number of ketones is 1. The van der Waals surface area contributed by atoms with Gasteiger partial charge in [0.05, 0.1) is 23.4 Å². The van der Waals surface area contributed by atoms with Gasteiger partial charge < -0.3 is 9.64 Å². The smallest absolute Gasteiger partial charge is 0.241 e. The highest BCUT2D eigenvalue weighted by Gasteiger charge is 2.48. The summed E-state index contributed by atoms with van der Waals surface area (Å²) < 4.78 is 35.4. The van der Waals surface area contributed by atoms with Gasteiger partial charge >= 0.3 is 0 Å². The molecule has 0 saturated carbocycles. The van der Waals surface area contributed by atoms with Crippen molar-refractivity contribution in [3.63, 3.8) is 0 Å². The van der Waals surface area contributed by atoms with Gasteiger partial charge in [0.15, 0.2) is 5.78 Å². The van der Waals surface area contributed by atoms with E-state index in [1.807, 2.05) is 32.9 Å². The van der Waals surface area contributed by atoms with Crippen molar-refractivity contribution < 1.29 is 22.7 Å². The first kappa shape index (κ1) is 24.4. The summed E-state index contributed by atoms with van der Waals surface area (Å²) in [5.41, 5.74) is 1.26. The molecule has 2 atom stereocenters. The number of likely N-dealkylation sites (tertiary alicyclic amines) is 1. The molecule has 0 aromatic heterocycles. The molecule has 2 unspecified atom stereocenters. The number of benzene rings is 2. The normalized spacial score (nSPS) is 21.0. The second kappa shape index (κ2) is 9.15.